The molecule has 0 saturated heterocycles. The van der Waals surface area contributed by atoms with Crippen LogP contribution in [0.3, 0.4) is 0 Å². The van der Waals surface area contributed by atoms with Crippen LogP contribution in [0.15, 0.2) is 0 Å². The number of alkyl halides is 17. The lowest BCUT2D eigenvalue weighted by molar-refractivity contribution is -0.461. The molecule has 0 heterocycles. The topological polar surface area (TPSA) is 63.6 Å². The normalized spacial score (nSPS) is 14.8. The number of unbranched alkanes of at least 4 members (excludes halogenated alkanes) is 15. The Morgan fingerprint density at radius 3 is 1.15 bits per heavy atom. The van der Waals surface area contributed by atoms with Crippen LogP contribution < -0.4 is 0 Å². The Morgan fingerprint density at radius 2 is 0.811 bits per heavy atom. The lowest BCUT2D eigenvalue weighted by atomic mass is 9.88. The lowest BCUT2D eigenvalue weighted by Gasteiger charge is -2.42. The zero-order valence-corrected chi connectivity index (χ0v) is 28.8. The van der Waals surface area contributed by atoms with E-state index in [9.17, 15) is 89.3 Å². The molecule has 0 amide bonds. The number of carbonyl (C=O) groups excluding carboxylic acids is 1. The zero-order chi connectivity index (χ0) is 41.6. The number of carbonyl (C=O) groups is 2. The van der Waals surface area contributed by atoms with Crippen molar-refractivity contribution in [2.24, 2.45) is 5.92 Å². The number of esters is 1. The number of hydrogen-bond acceptors (Lipinski definition) is 3. The highest BCUT2D eigenvalue weighted by molar-refractivity contribution is 5.78. The Hall–Kier alpha value is -2.25. The van der Waals surface area contributed by atoms with Gasteiger partial charge in [0.2, 0.25) is 0 Å². The van der Waals surface area contributed by atoms with Gasteiger partial charge in [-0.2, -0.15) is 74.6 Å². The van der Waals surface area contributed by atoms with E-state index >= 15 is 0 Å². The minimum Gasteiger partial charge on any atom is -0.481 e. The van der Waals surface area contributed by atoms with E-state index < -0.39 is 84.9 Å². The van der Waals surface area contributed by atoms with Crippen molar-refractivity contribution < 1.29 is 94.1 Å². The Labute approximate surface area is 295 Å². The highest BCUT2D eigenvalue weighted by Crippen LogP contribution is 2.64. The summed E-state index contributed by atoms with van der Waals surface area (Å²) in [4.78, 5) is 23.4. The van der Waals surface area contributed by atoms with Gasteiger partial charge in [0.15, 0.2) is 0 Å². The van der Waals surface area contributed by atoms with Crippen molar-refractivity contribution in [3.05, 3.63) is 0 Å². The Balaban J connectivity index is 4.95. The second kappa shape index (κ2) is 20.6. The average molecular weight is 817 g/mol. The molecule has 0 bridgehead atoms. The zero-order valence-electron chi connectivity index (χ0n) is 28.8. The summed E-state index contributed by atoms with van der Waals surface area (Å²) in [5.41, 5.74) is 0. The quantitative estimate of drug-likeness (QED) is 0.0464. The van der Waals surface area contributed by atoms with Gasteiger partial charge in [-0.1, -0.05) is 110 Å². The largest absolute Gasteiger partial charge is 0.481 e. The van der Waals surface area contributed by atoms with Crippen LogP contribution in [-0.2, 0) is 14.3 Å². The van der Waals surface area contributed by atoms with E-state index in [2.05, 4.69) is 11.7 Å². The SMILES string of the molecule is CCCCCCCCCCCCCCCCCCC(CC(=O)OCCC(F)(F)C(F)(F)C(F)(F)C(F)(F)C(F)(F)C(F)(F)C(F)(F)C(F)(F)F)C(=O)O. The summed E-state index contributed by atoms with van der Waals surface area (Å²) in [5, 5.41) is 9.29. The molecular weight excluding hydrogens is 771 g/mol. The summed E-state index contributed by atoms with van der Waals surface area (Å²) in [6.45, 7) is 0.0538. The minimum atomic E-state index is -8.73. The van der Waals surface area contributed by atoms with E-state index in [-0.39, 0.29) is 12.8 Å². The second-order valence-corrected chi connectivity index (χ2v) is 13.0. The van der Waals surface area contributed by atoms with Crippen molar-refractivity contribution in [3.8, 4) is 0 Å². The van der Waals surface area contributed by atoms with Gasteiger partial charge in [0.05, 0.1) is 25.4 Å². The number of rotatable bonds is 29. The predicted molar refractivity (Wildman–Crippen MR) is 156 cm³/mol. The molecule has 0 fully saturated rings. The first-order valence-electron chi connectivity index (χ1n) is 17.1. The maximum Gasteiger partial charge on any atom is 0.460 e. The molecule has 0 aliphatic carbocycles. The highest BCUT2D eigenvalue weighted by atomic mass is 19.4. The molecule has 0 aromatic carbocycles. The van der Waals surface area contributed by atoms with Crippen molar-refractivity contribution in [3.63, 3.8) is 0 Å². The van der Waals surface area contributed by atoms with Crippen LogP contribution in [0, 0.1) is 5.92 Å². The van der Waals surface area contributed by atoms with Gasteiger partial charge in [0.1, 0.15) is 0 Å². The van der Waals surface area contributed by atoms with E-state index in [1.54, 1.807) is 0 Å². The van der Waals surface area contributed by atoms with Gasteiger partial charge >= 0.3 is 59.6 Å². The fourth-order valence-corrected chi connectivity index (χ4v) is 5.16. The number of hydrogen-bond donors (Lipinski definition) is 1. The van der Waals surface area contributed by atoms with E-state index in [4.69, 9.17) is 0 Å². The lowest BCUT2D eigenvalue weighted by Crippen LogP contribution is -2.74. The molecule has 1 N–H and O–H groups in total. The van der Waals surface area contributed by atoms with Gasteiger partial charge in [0, 0.05) is 0 Å². The van der Waals surface area contributed by atoms with Gasteiger partial charge in [-0.3, -0.25) is 9.59 Å². The minimum absolute atomic E-state index is 0.162. The summed E-state index contributed by atoms with van der Waals surface area (Å²) in [5.74, 6) is -62.1. The van der Waals surface area contributed by atoms with Gasteiger partial charge < -0.3 is 9.84 Å². The molecule has 53 heavy (non-hydrogen) atoms. The summed E-state index contributed by atoms with van der Waals surface area (Å²) in [6, 6.07) is 0. The molecule has 21 heteroatoms. The smallest absolute Gasteiger partial charge is 0.460 e. The monoisotopic (exact) mass is 816 g/mol. The fraction of sp³-hybridized carbons (Fsp3) is 0.938. The molecule has 0 aliphatic rings. The molecule has 0 spiro atoms. The van der Waals surface area contributed by atoms with Gasteiger partial charge in [-0.05, 0) is 6.42 Å². The third-order valence-corrected chi connectivity index (χ3v) is 8.63. The molecule has 0 aliphatic heterocycles. The molecule has 1 atom stereocenters. The Bertz CT molecular complexity index is 1090. The first kappa shape index (κ1) is 50.8. The van der Waals surface area contributed by atoms with E-state index in [1.165, 1.54) is 44.9 Å². The second-order valence-electron chi connectivity index (χ2n) is 13.0. The third-order valence-electron chi connectivity index (χ3n) is 8.63. The molecule has 0 aromatic rings. The first-order valence-corrected chi connectivity index (χ1v) is 17.1. The number of carboxylic acid groups (broad SMARTS) is 1. The van der Waals surface area contributed by atoms with Crippen molar-refractivity contribution in [2.45, 2.75) is 177 Å². The van der Waals surface area contributed by atoms with Crippen molar-refractivity contribution in [1.82, 2.24) is 0 Å². The predicted octanol–water partition coefficient (Wildman–Crippen LogP) is 12.7. The Kier molecular flexibility index (Phi) is 19.7. The summed E-state index contributed by atoms with van der Waals surface area (Å²) >= 11 is 0. The van der Waals surface area contributed by atoms with Gasteiger partial charge in [0.25, 0.3) is 0 Å². The number of carboxylic acids is 1. The standard InChI is InChI=1S/C32H45F17O4/c1-2-3-4-5-6-7-8-9-10-11-12-13-14-15-16-17-18-22(24(51)52)21-23(50)53-20-19-25(33,34)26(35,36)27(37,38)28(39,40)29(41,42)30(43,44)31(45,46)32(47,48)49/h22H,2-21H2,1H3,(H,51,52). The van der Waals surface area contributed by atoms with Crippen LogP contribution in [0.4, 0.5) is 74.6 Å². The van der Waals surface area contributed by atoms with Crippen LogP contribution >= 0.6 is 0 Å². The fourth-order valence-electron chi connectivity index (χ4n) is 5.16. The first-order chi connectivity index (χ1) is 24.0. The summed E-state index contributed by atoms with van der Waals surface area (Å²) in [6.07, 6.45) is 4.19. The Morgan fingerprint density at radius 1 is 0.491 bits per heavy atom. The van der Waals surface area contributed by atoms with E-state index in [1.807, 2.05) is 0 Å². The molecule has 4 nitrogen and oxygen atoms in total. The van der Waals surface area contributed by atoms with Crippen LogP contribution in [0.5, 0.6) is 0 Å². The number of ether oxygens (including phenoxy) is 1. The van der Waals surface area contributed by atoms with Gasteiger partial charge in [-0.15, -0.1) is 0 Å². The molecule has 0 rings (SSSR count). The molecule has 0 radical (unpaired) electrons. The summed E-state index contributed by atoms with van der Waals surface area (Å²) in [7, 11) is 0. The van der Waals surface area contributed by atoms with E-state index in [0.717, 1.165) is 38.5 Å². The third kappa shape index (κ3) is 12.9. The van der Waals surface area contributed by atoms with Crippen molar-refractivity contribution in [2.75, 3.05) is 6.61 Å². The molecule has 1 unspecified atom stereocenters. The average Bonchev–Trinajstić information content (AvgIpc) is 3.02. The number of aliphatic carboxylic acids is 1. The van der Waals surface area contributed by atoms with Crippen LogP contribution in [0.2, 0.25) is 0 Å². The van der Waals surface area contributed by atoms with Gasteiger partial charge in [-0.25, -0.2) is 0 Å². The van der Waals surface area contributed by atoms with Crippen LogP contribution in [0.25, 0.3) is 0 Å². The van der Waals surface area contributed by atoms with Crippen molar-refractivity contribution >= 4 is 11.9 Å². The van der Waals surface area contributed by atoms with E-state index in [0.29, 0.717) is 12.8 Å². The molecule has 316 valence electrons. The molecule has 0 aromatic heterocycles. The highest BCUT2D eigenvalue weighted by Gasteiger charge is 2.95. The van der Waals surface area contributed by atoms with Crippen molar-refractivity contribution in [1.29, 1.82) is 0 Å². The number of halogens is 17. The maximum atomic E-state index is 14.0. The van der Waals surface area contributed by atoms with Crippen LogP contribution in [0.1, 0.15) is 129 Å². The molecular formula is C32H45F17O4. The molecule has 0 saturated carbocycles. The van der Waals surface area contributed by atoms with Crippen LogP contribution in [-0.4, -0.2) is 71.3 Å². The summed E-state index contributed by atoms with van der Waals surface area (Å²) < 4.78 is 231. The maximum absolute atomic E-state index is 14.0.